The van der Waals surface area contributed by atoms with Gasteiger partial charge in [-0.3, -0.25) is 10.0 Å². The van der Waals surface area contributed by atoms with Crippen molar-refractivity contribution < 1.29 is 14.7 Å². The zero-order chi connectivity index (χ0) is 19.4. The SMILES string of the molecule is COc1ccc2c(Nc3ccc(C(C(=O)NO)C(C)C)cc3)ccnc2n1. The minimum atomic E-state index is -0.414. The number of amides is 1. The van der Waals surface area contributed by atoms with Crippen LogP contribution in [0, 0.1) is 5.92 Å². The molecule has 0 saturated carbocycles. The smallest absolute Gasteiger partial charge is 0.251 e. The predicted molar refractivity (Wildman–Crippen MR) is 103 cm³/mol. The number of aromatic nitrogens is 2. The highest BCUT2D eigenvalue weighted by Gasteiger charge is 2.23. The van der Waals surface area contributed by atoms with Gasteiger partial charge >= 0.3 is 0 Å². The molecule has 0 aliphatic rings. The van der Waals surface area contributed by atoms with E-state index in [1.165, 1.54) is 0 Å². The average Bonchev–Trinajstić information content (AvgIpc) is 2.68. The highest BCUT2D eigenvalue weighted by Crippen LogP contribution is 2.29. The van der Waals surface area contributed by atoms with Gasteiger partial charge in [0.1, 0.15) is 0 Å². The maximum Gasteiger partial charge on any atom is 0.251 e. The minimum absolute atomic E-state index is 0.0566. The quantitative estimate of drug-likeness (QED) is 0.455. The van der Waals surface area contributed by atoms with Crippen LogP contribution in [-0.4, -0.2) is 28.2 Å². The number of nitrogens with one attached hydrogen (secondary N) is 2. The molecular weight excluding hydrogens is 344 g/mol. The second kappa shape index (κ2) is 8.01. The summed E-state index contributed by atoms with van der Waals surface area (Å²) in [5.74, 6) is -0.257. The Bertz CT molecular complexity index is 942. The van der Waals surface area contributed by atoms with E-state index in [1.807, 2.05) is 50.2 Å². The molecule has 27 heavy (non-hydrogen) atoms. The van der Waals surface area contributed by atoms with E-state index in [9.17, 15) is 4.79 Å². The number of nitrogens with zero attached hydrogens (tertiary/aromatic N) is 2. The number of carbonyl (C=O) groups excluding carboxylic acids is 1. The van der Waals surface area contributed by atoms with E-state index in [2.05, 4.69) is 15.3 Å². The number of hydrogen-bond acceptors (Lipinski definition) is 6. The van der Waals surface area contributed by atoms with Crippen molar-refractivity contribution in [1.29, 1.82) is 0 Å². The number of hydrogen-bond donors (Lipinski definition) is 3. The van der Waals surface area contributed by atoms with E-state index in [-0.39, 0.29) is 5.92 Å². The van der Waals surface area contributed by atoms with Gasteiger partial charge in [0.05, 0.1) is 18.7 Å². The van der Waals surface area contributed by atoms with Gasteiger partial charge in [-0.15, -0.1) is 0 Å². The van der Waals surface area contributed by atoms with Gasteiger partial charge in [-0.2, -0.15) is 4.98 Å². The van der Waals surface area contributed by atoms with Crippen molar-refractivity contribution in [1.82, 2.24) is 15.4 Å². The topological polar surface area (TPSA) is 96.4 Å². The lowest BCUT2D eigenvalue weighted by Gasteiger charge is -2.19. The molecule has 1 atom stereocenters. The van der Waals surface area contributed by atoms with Crippen LogP contribution in [-0.2, 0) is 4.79 Å². The fourth-order valence-electron chi connectivity index (χ4n) is 3.07. The molecule has 0 saturated heterocycles. The third kappa shape index (κ3) is 3.98. The lowest BCUT2D eigenvalue weighted by Crippen LogP contribution is -2.29. The second-order valence-electron chi connectivity index (χ2n) is 6.53. The number of benzene rings is 1. The number of rotatable bonds is 6. The van der Waals surface area contributed by atoms with Crippen molar-refractivity contribution in [3.63, 3.8) is 0 Å². The van der Waals surface area contributed by atoms with Gasteiger partial charge in [-0.25, -0.2) is 10.5 Å². The van der Waals surface area contributed by atoms with Crippen LogP contribution in [0.2, 0.25) is 0 Å². The number of carbonyl (C=O) groups is 1. The molecule has 3 aromatic rings. The number of pyridine rings is 2. The van der Waals surface area contributed by atoms with E-state index in [0.717, 1.165) is 22.3 Å². The zero-order valence-corrected chi connectivity index (χ0v) is 15.4. The lowest BCUT2D eigenvalue weighted by atomic mass is 9.88. The molecule has 2 aromatic heterocycles. The summed E-state index contributed by atoms with van der Waals surface area (Å²) in [5.41, 5.74) is 4.93. The molecular formula is C20H22N4O3. The number of anilines is 2. The molecule has 3 rings (SSSR count). The molecule has 7 heteroatoms. The van der Waals surface area contributed by atoms with Crippen molar-refractivity contribution in [2.75, 3.05) is 12.4 Å². The Morgan fingerprint density at radius 3 is 2.48 bits per heavy atom. The molecule has 0 bridgehead atoms. The third-order valence-electron chi connectivity index (χ3n) is 4.40. The molecule has 0 fully saturated rings. The Hall–Kier alpha value is -3.19. The maximum absolute atomic E-state index is 11.9. The largest absolute Gasteiger partial charge is 0.481 e. The fourth-order valence-corrected chi connectivity index (χ4v) is 3.07. The highest BCUT2D eigenvalue weighted by molar-refractivity contribution is 5.91. The molecule has 3 N–H and O–H groups in total. The van der Waals surface area contributed by atoms with Crippen LogP contribution < -0.4 is 15.5 Å². The standard InChI is InChI=1S/C20H22N4O3/c1-12(2)18(20(25)24-26)13-4-6-14(7-5-13)22-16-10-11-21-19-15(16)8-9-17(23-19)27-3/h4-12,18,26H,1-3H3,(H,24,25)(H,21,22,23). The van der Waals surface area contributed by atoms with Crippen LogP contribution >= 0.6 is 0 Å². The van der Waals surface area contributed by atoms with Crippen LogP contribution in [0.3, 0.4) is 0 Å². The molecule has 2 heterocycles. The average molecular weight is 366 g/mol. The normalized spacial score (nSPS) is 12.0. The van der Waals surface area contributed by atoms with Gasteiger partial charge < -0.3 is 10.1 Å². The van der Waals surface area contributed by atoms with Crippen molar-refractivity contribution in [2.45, 2.75) is 19.8 Å². The Balaban J connectivity index is 1.87. The predicted octanol–water partition coefficient (Wildman–Crippen LogP) is 3.63. The van der Waals surface area contributed by atoms with Crippen LogP contribution in [0.5, 0.6) is 5.88 Å². The van der Waals surface area contributed by atoms with Crippen LogP contribution in [0.15, 0.2) is 48.7 Å². The number of hydroxylamine groups is 1. The van der Waals surface area contributed by atoms with Crippen molar-refractivity contribution in [3.05, 3.63) is 54.2 Å². The third-order valence-corrected chi connectivity index (χ3v) is 4.40. The molecule has 140 valence electrons. The Labute approximate surface area is 157 Å². The van der Waals surface area contributed by atoms with E-state index in [4.69, 9.17) is 9.94 Å². The van der Waals surface area contributed by atoms with Gasteiger partial charge in [0.2, 0.25) is 5.88 Å². The van der Waals surface area contributed by atoms with Crippen LogP contribution in [0.1, 0.15) is 25.3 Å². The molecule has 0 radical (unpaired) electrons. The first-order chi connectivity index (χ1) is 13.0. The van der Waals surface area contributed by atoms with Gasteiger partial charge in [-0.05, 0) is 35.7 Å². The molecule has 1 amide bonds. The second-order valence-corrected chi connectivity index (χ2v) is 6.53. The molecule has 7 nitrogen and oxygen atoms in total. The van der Waals surface area contributed by atoms with E-state index in [1.54, 1.807) is 24.9 Å². The monoisotopic (exact) mass is 366 g/mol. The number of methoxy groups -OCH3 is 1. The van der Waals surface area contributed by atoms with E-state index >= 15 is 0 Å². The highest BCUT2D eigenvalue weighted by atomic mass is 16.5. The summed E-state index contributed by atoms with van der Waals surface area (Å²) in [4.78, 5) is 20.5. The number of fused-ring (bicyclic) bond motifs is 1. The van der Waals surface area contributed by atoms with Gasteiger partial charge in [0.25, 0.3) is 5.91 Å². The summed E-state index contributed by atoms with van der Waals surface area (Å²) >= 11 is 0. The summed E-state index contributed by atoms with van der Waals surface area (Å²) < 4.78 is 5.14. The summed E-state index contributed by atoms with van der Waals surface area (Å²) in [7, 11) is 1.57. The zero-order valence-electron chi connectivity index (χ0n) is 15.4. The summed E-state index contributed by atoms with van der Waals surface area (Å²) in [6.45, 7) is 3.88. The summed E-state index contributed by atoms with van der Waals surface area (Å²) in [6, 6.07) is 13.1. The lowest BCUT2D eigenvalue weighted by molar-refractivity contribution is -0.131. The van der Waals surface area contributed by atoms with Crippen molar-refractivity contribution >= 4 is 28.3 Å². The van der Waals surface area contributed by atoms with E-state index < -0.39 is 11.8 Å². The first-order valence-electron chi connectivity index (χ1n) is 8.64. The Morgan fingerprint density at radius 1 is 1.11 bits per heavy atom. The number of ether oxygens (including phenoxy) is 1. The van der Waals surface area contributed by atoms with Crippen LogP contribution in [0.25, 0.3) is 11.0 Å². The molecule has 0 aliphatic carbocycles. The van der Waals surface area contributed by atoms with Crippen molar-refractivity contribution in [2.24, 2.45) is 5.92 Å². The molecule has 1 aromatic carbocycles. The molecule has 1 unspecified atom stereocenters. The minimum Gasteiger partial charge on any atom is -0.481 e. The first kappa shape index (κ1) is 18.6. The Morgan fingerprint density at radius 2 is 1.85 bits per heavy atom. The Kier molecular flexibility index (Phi) is 5.52. The van der Waals surface area contributed by atoms with Crippen LogP contribution in [0.4, 0.5) is 11.4 Å². The maximum atomic E-state index is 11.9. The van der Waals surface area contributed by atoms with Gasteiger partial charge in [0.15, 0.2) is 5.65 Å². The molecule has 0 aliphatic heterocycles. The first-order valence-corrected chi connectivity index (χ1v) is 8.64. The van der Waals surface area contributed by atoms with E-state index in [0.29, 0.717) is 11.5 Å². The van der Waals surface area contributed by atoms with Gasteiger partial charge in [-0.1, -0.05) is 26.0 Å². The van der Waals surface area contributed by atoms with Gasteiger partial charge in [0, 0.05) is 23.3 Å². The summed E-state index contributed by atoms with van der Waals surface area (Å²) in [6.07, 6.45) is 1.69. The van der Waals surface area contributed by atoms with Crippen molar-refractivity contribution in [3.8, 4) is 5.88 Å². The fraction of sp³-hybridized carbons (Fsp3) is 0.250. The summed E-state index contributed by atoms with van der Waals surface area (Å²) in [5, 5.41) is 13.2. The molecule has 0 spiro atoms.